The van der Waals surface area contributed by atoms with Crippen LogP contribution in [-0.4, -0.2) is 45.0 Å². The molecular formula is C22H27N5O. The number of benzene rings is 1. The van der Waals surface area contributed by atoms with Gasteiger partial charge in [0.25, 0.3) is 0 Å². The van der Waals surface area contributed by atoms with E-state index in [2.05, 4.69) is 34.7 Å². The number of aryl methyl sites for hydroxylation is 1. The van der Waals surface area contributed by atoms with Crippen molar-refractivity contribution in [3.63, 3.8) is 0 Å². The Morgan fingerprint density at radius 3 is 2.93 bits per heavy atom. The van der Waals surface area contributed by atoms with Crippen LogP contribution in [-0.2, 0) is 11.2 Å². The number of nitrogens with one attached hydrogen (secondary N) is 1. The van der Waals surface area contributed by atoms with Crippen molar-refractivity contribution in [3.05, 3.63) is 48.3 Å². The monoisotopic (exact) mass is 377 g/mol. The number of aromatic nitrogens is 3. The van der Waals surface area contributed by atoms with E-state index >= 15 is 0 Å². The van der Waals surface area contributed by atoms with Crippen LogP contribution in [0.3, 0.4) is 0 Å². The lowest BCUT2D eigenvalue weighted by Crippen LogP contribution is -2.38. The first-order valence-electron chi connectivity index (χ1n) is 10.1. The summed E-state index contributed by atoms with van der Waals surface area (Å²) >= 11 is 0. The Morgan fingerprint density at radius 1 is 1.18 bits per heavy atom. The van der Waals surface area contributed by atoms with E-state index in [0.29, 0.717) is 13.1 Å². The fourth-order valence-electron chi connectivity index (χ4n) is 3.71. The first-order chi connectivity index (χ1) is 13.6. The SMILES string of the molecule is CC(C)C(=O)N1CCCCc2cccc(c2)-c2cnn3ccc(nc23)NCC1. The van der Waals surface area contributed by atoms with Crippen LogP contribution in [0.4, 0.5) is 5.82 Å². The number of amides is 1. The van der Waals surface area contributed by atoms with E-state index in [1.165, 1.54) is 5.56 Å². The Hall–Kier alpha value is -2.89. The van der Waals surface area contributed by atoms with E-state index in [0.717, 1.165) is 48.4 Å². The highest BCUT2D eigenvalue weighted by atomic mass is 16.2. The average Bonchev–Trinajstić information content (AvgIpc) is 3.12. The molecule has 0 atom stereocenters. The molecule has 0 unspecified atom stereocenters. The second kappa shape index (κ2) is 8.00. The van der Waals surface area contributed by atoms with Crippen LogP contribution in [0.5, 0.6) is 0 Å². The van der Waals surface area contributed by atoms with Crippen molar-refractivity contribution >= 4 is 17.4 Å². The summed E-state index contributed by atoms with van der Waals surface area (Å²) in [6, 6.07) is 10.5. The maximum Gasteiger partial charge on any atom is 0.225 e. The standard InChI is InChI=1S/C22H27N5O/c1-16(2)22(28)26-11-4-3-6-17-7-5-8-18(14-17)19-15-24-27-12-9-20(23-10-13-26)25-21(19)27/h5,7-9,12,14-16H,3-4,6,10-11,13H2,1-2H3,(H,23,25). The molecule has 6 heteroatoms. The molecule has 4 bridgehead atoms. The van der Waals surface area contributed by atoms with Crippen molar-refractivity contribution in [1.82, 2.24) is 19.5 Å². The Bertz CT molecular complexity index is 978. The van der Waals surface area contributed by atoms with Gasteiger partial charge in [-0.15, -0.1) is 0 Å². The zero-order valence-corrected chi connectivity index (χ0v) is 16.6. The molecule has 1 aliphatic rings. The molecule has 0 spiro atoms. The first kappa shape index (κ1) is 18.5. The third-order valence-electron chi connectivity index (χ3n) is 5.24. The molecule has 1 N–H and O–H groups in total. The highest BCUT2D eigenvalue weighted by Gasteiger charge is 2.17. The Morgan fingerprint density at radius 2 is 2.07 bits per heavy atom. The molecule has 1 aliphatic heterocycles. The molecule has 0 saturated carbocycles. The minimum absolute atomic E-state index is 0.0163. The van der Waals surface area contributed by atoms with Crippen molar-refractivity contribution < 1.29 is 4.79 Å². The summed E-state index contributed by atoms with van der Waals surface area (Å²) in [4.78, 5) is 19.3. The lowest BCUT2D eigenvalue weighted by atomic mass is 10.0. The van der Waals surface area contributed by atoms with Crippen molar-refractivity contribution in [2.24, 2.45) is 5.92 Å². The highest BCUT2D eigenvalue weighted by molar-refractivity contribution is 5.78. The summed E-state index contributed by atoms with van der Waals surface area (Å²) < 4.78 is 1.81. The number of fused-ring (bicyclic) bond motifs is 4. The zero-order chi connectivity index (χ0) is 19.5. The van der Waals surface area contributed by atoms with E-state index in [4.69, 9.17) is 4.98 Å². The quantitative estimate of drug-likeness (QED) is 0.703. The van der Waals surface area contributed by atoms with Crippen molar-refractivity contribution in [2.75, 3.05) is 25.0 Å². The van der Waals surface area contributed by atoms with Gasteiger partial charge in [0.05, 0.1) is 6.20 Å². The molecule has 0 saturated heterocycles. The predicted molar refractivity (Wildman–Crippen MR) is 111 cm³/mol. The Kier molecular flexibility index (Phi) is 5.28. The minimum atomic E-state index is 0.0163. The molecule has 1 aromatic carbocycles. The Labute approximate surface area is 165 Å². The summed E-state index contributed by atoms with van der Waals surface area (Å²) in [5.74, 6) is 1.04. The van der Waals surface area contributed by atoms with Crippen molar-refractivity contribution in [3.8, 4) is 11.1 Å². The van der Waals surface area contributed by atoms with Gasteiger partial charge in [-0.05, 0) is 36.5 Å². The largest absolute Gasteiger partial charge is 0.368 e. The van der Waals surface area contributed by atoms with Crippen LogP contribution in [0.2, 0.25) is 0 Å². The number of anilines is 1. The average molecular weight is 377 g/mol. The summed E-state index contributed by atoms with van der Waals surface area (Å²) in [7, 11) is 0. The fraction of sp³-hybridized carbons (Fsp3) is 0.409. The third-order valence-corrected chi connectivity index (χ3v) is 5.24. The van der Waals surface area contributed by atoms with Gasteiger partial charge >= 0.3 is 0 Å². The van der Waals surface area contributed by atoms with Gasteiger partial charge in [-0.25, -0.2) is 9.50 Å². The molecular weight excluding hydrogens is 350 g/mol. The maximum absolute atomic E-state index is 12.6. The van der Waals surface area contributed by atoms with Crippen LogP contribution in [0.15, 0.2) is 42.7 Å². The second-order valence-corrected chi connectivity index (χ2v) is 7.70. The van der Waals surface area contributed by atoms with E-state index in [1.807, 2.05) is 37.2 Å². The van der Waals surface area contributed by atoms with Gasteiger partial charge in [0.1, 0.15) is 5.82 Å². The van der Waals surface area contributed by atoms with Gasteiger partial charge in [0.15, 0.2) is 5.65 Å². The molecule has 0 aliphatic carbocycles. The third kappa shape index (κ3) is 3.86. The second-order valence-electron chi connectivity index (χ2n) is 7.70. The molecule has 3 heterocycles. The number of hydrogen-bond donors (Lipinski definition) is 1. The van der Waals surface area contributed by atoms with Crippen molar-refractivity contribution in [2.45, 2.75) is 33.1 Å². The van der Waals surface area contributed by atoms with Crippen LogP contribution >= 0.6 is 0 Å². The predicted octanol–water partition coefficient (Wildman–Crippen LogP) is 3.63. The molecule has 0 fully saturated rings. The number of nitrogens with zero attached hydrogens (tertiary/aromatic N) is 4. The van der Waals surface area contributed by atoms with Gasteiger partial charge in [-0.3, -0.25) is 4.79 Å². The van der Waals surface area contributed by atoms with Gasteiger partial charge in [-0.1, -0.05) is 38.1 Å². The van der Waals surface area contributed by atoms with Gasteiger partial charge in [-0.2, -0.15) is 5.10 Å². The number of carbonyl (C=O) groups excluding carboxylic acids is 1. The first-order valence-corrected chi connectivity index (χ1v) is 10.1. The number of hydrogen-bond acceptors (Lipinski definition) is 4. The smallest absolute Gasteiger partial charge is 0.225 e. The van der Waals surface area contributed by atoms with E-state index in [9.17, 15) is 4.79 Å². The molecule has 4 rings (SSSR count). The highest BCUT2D eigenvalue weighted by Crippen LogP contribution is 2.25. The molecule has 28 heavy (non-hydrogen) atoms. The molecule has 1 amide bonds. The lowest BCUT2D eigenvalue weighted by molar-refractivity contribution is -0.134. The summed E-state index contributed by atoms with van der Waals surface area (Å²) in [6.07, 6.45) is 6.88. The molecule has 6 nitrogen and oxygen atoms in total. The van der Waals surface area contributed by atoms with Crippen LogP contribution in [0.1, 0.15) is 32.3 Å². The normalized spacial score (nSPS) is 15.3. The topological polar surface area (TPSA) is 62.5 Å². The van der Waals surface area contributed by atoms with E-state index in [1.54, 1.807) is 4.52 Å². The van der Waals surface area contributed by atoms with Crippen molar-refractivity contribution in [1.29, 1.82) is 0 Å². The van der Waals surface area contributed by atoms with Gasteiger partial charge in [0, 0.05) is 37.3 Å². The fourth-order valence-corrected chi connectivity index (χ4v) is 3.71. The minimum Gasteiger partial charge on any atom is -0.368 e. The van der Waals surface area contributed by atoms with Crippen LogP contribution in [0.25, 0.3) is 16.8 Å². The lowest BCUT2D eigenvalue weighted by Gasteiger charge is -2.25. The van der Waals surface area contributed by atoms with Crippen LogP contribution in [0, 0.1) is 5.92 Å². The molecule has 0 radical (unpaired) electrons. The number of carbonyl (C=O) groups is 1. The molecule has 3 aromatic rings. The molecule has 146 valence electrons. The zero-order valence-electron chi connectivity index (χ0n) is 16.6. The number of rotatable bonds is 1. The van der Waals surface area contributed by atoms with Gasteiger partial charge < -0.3 is 10.2 Å². The maximum atomic E-state index is 12.6. The summed E-state index contributed by atoms with van der Waals surface area (Å²) in [6.45, 7) is 6.10. The summed E-state index contributed by atoms with van der Waals surface area (Å²) in [5.41, 5.74) is 4.33. The van der Waals surface area contributed by atoms with E-state index < -0.39 is 0 Å². The van der Waals surface area contributed by atoms with Crippen LogP contribution < -0.4 is 5.32 Å². The molecule has 2 aromatic heterocycles. The summed E-state index contributed by atoms with van der Waals surface area (Å²) in [5, 5.41) is 7.82. The van der Waals surface area contributed by atoms with Gasteiger partial charge in [0.2, 0.25) is 5.91 Å². The Balaban J connectivity index is 1.68. The van der Waals surface area contributed by atoms with E-state index in [-0.39, 0.29) is 11.8 Å².